The van der Waals surface area contributed by atoms with Crippen LogP contribution in [0.4, 0.5) is 10.5 Å². The van der Waals surface area contributed by atoms with Gasteiger partial charge in [0, 0.05) is 16.2 Å². The minimum Gasteiger partial charge on any atom is -0.333 e. The van der Waals surface area contributed by atoms with Crippen molar-refractivity contribution in [2.75, 3.05) is 18.4 Å². The summed E-state index contributed by atoms with van der Waals surface area (Å²) in [4.78, 5) is 11.9. The van der Waals surface area contributed by atoms with E-state index in [0.29, 0.717) is 10.7 Å². The molecule has 1 aromatic carbocycles. The molecule has 3 N–H and O–H groups in total. The molecule has 6 heteroatoms. The third kappa shape index (κ3) is 4.90. The number of carbonyl (C=O) groups excluding carboxylic acids is 1. The van der Waals surface area contributed by atoms with Crippen LogP contribution in [0.3, 0.4) is 0 Å². The summed E-state index contributed by atoms with van der Waals surface area (Å²) in [7, 11) is 0. The molecule has 0 aromatic heterocycles. The van der Waals surface area contributed by atoms with E-state index in [2.05, 4.69) is 22.9 Å². The van der Waals surface area contributed by atoms with Crippen molar-refractivity contribution in [2.45, 2.75) is 25.3 Å². The highest BCUT2D eigenvalue weighted by Crippen LogP contribution is 2.18. The molecule has 1 saturated heterocycles. The summed E-state index contributed by atoms with van der Waals surface area (Å²) in [5.41, 5.74) is 0.575. The van der Waals surface area contributed by atoms with Gasteiger partial charge in [-0.05, 0) is 51.1 Å². The first-order chi connectivity index (χ1) is 8.57. The Balaban J connectivity index is 0.00000180. The van der Waals surface area contributed by atoms with E-state index in [1.807, 2.05) is 12.1 Å². The number of nitrogens with one attached hydrogen (secondary N) is 3. The average Bonchev–Trinajstić information content (AvgIpc) is 2.28. The van der Waals surface area contributed by atoms with Crippen molar-refractivity contribution in [3.05, 3.63) is 29.3 Å². The molecule has 0 radical (unpaired) electrons. The molecule has 1 aliphatic heterocycles. The second-order valence-corrected chi connectivity index (χ2v) is 5.34. The summed E-state index contributed by atoms with van der Waals surface area (Å²) in [5, 5.41) is 9.72. The fraction of sp³-hybridized carbons (Fsp3) is 0.462. The topological polar surface area (TPSA) is 53.2 Å². The molecule has 1 heterocycles. The van der Waals surface area contributed by atoms with Crippen LogP contribution in [0.5, 0.6) is 0 Å². The van der Waals surface area contributed by atoms with Gasteiger partial charge >= 0.3 is 6.03 Å². The molecule has 1 aliphatic rings. The van der Waals surface area contributed by atoms with E-state index in [0.717, 1.165) is 25.9 Å². The van der Waals surface area contributed by atoms with E-state index >= 15 is 0 Å². The van der Waals surface area contributed by atoms with Crippen LogP contribution < -0.4 is 16.0 Å². The molecule has 0 saturated carbocycles. The molecule has 4 nitrogen and oxygen atoms in total. The molecule has 2 amide bonds. The van der Waals surface area contributed by atoms with Crippen molar-refractivity contribution >= 4 is 35.7 Å². The maximum Gasteiger partial charge on any atom is 0.319 e. The highest BCUT2D eigenvalue weighted by atomic mass is 35.5. The Morgan fingerprint density at radius 2 is 2.05 bits per heavy atom. The fourth-order valence-corrected chi connectivity index (χ4v) is 2.30. The average molecular weight is 304 g/mol. The lowest BCUT2D eigenvalue weighted by Crippen LogP contribution is -2.53. The number of hydrogen-bond acceptors (Lipinski definition) is 2. The van der Waals surface area contributed by atoms with Gasteiger partial charge in [-0.3, -0.25) is 0 Å². The smallest absolute Gasteiger partial charge is 0.319 e. The van der Waals surface area contributed by atoms with Crippen LogP contribution in [0.2, 0.25) is 5.02 Å². The third-order valence-electron chi connectivity index (χ3n) is 3.20. The van der Waals surface area contributed by atoms with E-state index in [-0.39, 0.29) is 24.0 Å². The van der Waals surface area contributed by atoms with Gasteiger partial charge in [-0.2, -0.15) is 0 Å². The molecular weight excluding hydrogens is 285 g/mol. The molecule has 0 atom stereocenters. The number of benzene rings is 1. The maximum absolute atomic E-state index is 11.9. The number of carbonyl (C=O) groups is 1. The van der Waals surface area contributed by atoms with Crippen molar-refractivity contribution in [3.63, 3.8) is 0 Å². The number of rotatable bonds is 2. The number of hydrogen-bond donors (Lipinski definition) is 3. The van der Waals surface area contributed by atoms with Crippen LogP contribution in [-0.2, 0) is 0 Å². The van der Waals surface area contributed by atoms with Crippen LogP contribution in [0, 0.1) is 0 Å². The second-order valence-electron chi connectivity index (χ2n) is 4.90. The first kappa shape index (κ1) is 16.1. The minimum absolute atomic E-state index is 0. The van der Waals surface area contributed by atoms with E-state index in [1.54, 1.807) is 12.1 Å². The molecule has 0 spiro atoms. The Morgan fingerprint density at radius 3 is 2.68 bits per heavy atom. The van der Waals surface area contributed by atoms with Crippen LogP contribution in [0.1, 0.15) is 19.8 Å². The molecule has 0 bridgehead atoms. The Labute approximate surface area is 124 Å². The van der Waals surface area contributed by atoms with Crippen LogP contribution in [-0.4, -0.2) is 24.7 Å². The van der Waals surface area contributed by atoms with Gasteiger partial charge in [0.05, 0.1) is 0 Å². The zero-order valence-electron chi connectivity index (χ0n) is 10.8. The lowest BCUT2D eigenvalue weighted by atomic mass is 9.91. The van der Waals surface area contributed by atoms with Crippen molar-refractivity contribution in [1.82, 2.24) is 10.6 Å². The summed E-state index contributed by atoms with van der Waals surface area (Å²) in [6, 6.07) is 6.95. The number of halogens is 2. The number of urea groups is 1. The highest BCUT2D eigenvalue weighted by Gasteiger charge is 2.28. The molecule has 19 heavy (non-hydrogen) atoms. The summed E-state index contributed by atoms with van der Waals surface area (Å²) in [6.07, 6.45) is 1.88. The van der Waals surface area contributed by atoms with Gasteiger partial charge in [-0.25, -0.2) is 4.79 Å². The Hall–Kier alpha value is -0.970. The second kappa shape index (κ2) is 6.98. The van der Waals surface area contributed by atoms with Gasteiger partial charge in [0.15, 0.2) is 0 Å². The van der Waals surface area contributed by atoms with Crippen molar-refractivity contribution in [3.8, 4) is 0 Å². The summed E-state index contributed by atoms with van der Waals surface area (Å²) in [6.45, 7) is 3.95. The lowest BCUT2D eigenvalue weighted by Gasteiger charge is -2.34. The van der Waals surface area contributed by atoms with Gasteiger partial charge < -0.3 is 16.0 Å². The minimum atomic E-state index is -0.179. The summed E-state index contributed by atoms with van der Waals surface area (Å²) in [5.74, 6) is 0. The highest BCUT2D eigenvalue weighted by molar-refractivity contribution is 6.30. The SMILES string of the molecule is CC1(NC(=O)Nc2cccc(Cl)c2)CCNCC1.Cl. The molecule has 0 unspecified atom stereocenters. The summed E-state index contributed by atoms with van der Waals surface area (Å²) < 4.78 is 0. The molecule has 1 aromatic rings. The zero-order chi connectivity index (χ0) is 13.0. The van der Waals surface area contributed by atoms with Crippen LogP contribution in [0.25, 0.3) is 0 Å². The van der Waals surface area contributed by atoms with E-state index < -0.39 is 0 Å². The van der Waals surface area contributed by atoms with Gasteiger partial charge in [-0.15, -0.1) is 12.4 Å². The van der Waals surface area contributed by atoms with Gasteiger partial charge in [0.1, 0.15) is 0 Å². The predicted octanol–water partition coefficient (Wildman–Crippen LogP) is 3.03. The van der Waals surface area contributed by atoms with E-state index in [1.165, 1.54) is 0 Å². The van der Waals surface area contributed by atoms with Crippen molar-refractivity contribution < 1.29 is 4.79 Å². The standard InChI is InChI=1S/C13H18ClN3O.ClH/c1-13(5-7-15-8-6-13)17-12(18)16-11-4-2-3-10(14)9-11;/h2-4,9,15H,5-8H2,1H3,(H2,16,17,18);1H. The van der Waals surface area contributed by atoms with Crippen molar-refractivity contribution in [2.24, 2.45) is 0 Å². The van der Waals surface area contributed by atoms with Crippen LogP contribution in [0.15, 0.2) is 24.3 Å². The molecule has 1 fully saturated rings. The number of amides is 2. The molecule has 0 aliphatic carbocycles. The maximum atomic E-state index is 11.9. The molecule has 2 rings (SSSR count). The van der Waals surface area contributed by atoms with Crippen molar-refractivity contribution in [1.29, 1.82) is 0 Å². The Morgan fingerprint density at radius 1 is 1.37 bits per heavy atom. The molecular formula is C13H19Cl2N3O. The third-order valence-corrected chi connectivity index (χ3v) is 3.44. The number of anilines is 1. The zero-order valence-corrected chi connectivity index (χ0v) is 12.4. The van der Waals surface area contributed by atoms with Crippen LogP contribution >= 0.6 is 24.0 Å². The largest absolute Gasteiger partial charge is 0.333 e. The van der Waals surface area contributed by atoms with E-state index in [4.69, 9.17) is 11.6 Å². The molecule has 106 valence electrons. The predicted molar refractivity (Wildman–Crippen MR) is 81.4 cm³/mol. The monoisotopic (exact) mass is 303 g/mol. The van der Waals surface area contributed by atoms with Gasteiger partial charge in [0.2, 0.25) is 0 Å². The first-order valence-corrected chi connectivity index (χ1v) is 6.51. The first-order valence-electron chi connectivity index (χ1n) is 6.13. The van der Waals surface area contributed by atoms with Gasteiger partial charge in [-0.1, -0.05) is 17.7 Å². The van der Waals surface area contributed by atoms with Gasteiger partial charge in [0.25, 0.3) is 0 Å². The Kier molecular flexibility index (Phi) is 5.91. The number of piperidine rings is 1. The van der Waals surface area contributed by atoms with E-state index in [9.17, 15) is 4.79 Å². The fourth-order valence-electron chi connectivity index (χ4n) is 2.11. The summed E-state index contributed by atoms with van der Waals surface area (Å²) >= 11 is 5.87. The Bertz CT molecular complexity index is 434. The normalized spacial score (nSPS) is 17.2. The lowest BCUT2D eigenvalue weighted by molar-refractivity contribution is 0.225. The quantitative estimate of drug-likeness (QED) is 0.786.